The van der Waals surface area contributed by atoms with Gasteiger partial charge in [-0.3, -0.25) is 25.2 Å². The van der Waals surface area contributed by atoms with Gasteiger partial charge < -0.3 is 5.11 Å². The second kappa shape index (κ2) is 5.95. The highest BCUT2D eigenvalue weighted by Gasteiger charge is 2.38. The van der Waals surface area contributed by atoms with E-state index in [0.29, 0.717) is 5.56 Å². The van der Waals surface area contributed by atoms with Gasteiger partial charge >= 0.3 is 5.97 Å². The Bertz CT molecular complexity index is 554. The molecule has 2 amide bonds. The average Bonchev–Trinajstić information content (AvgIpc) is 3.30. The SMILES string of the molecule is C[C@@](CC(=O)NNC(=O)C1CC1)(C(=O)O)c1ccccc1. The predicted molar refractivity (Wildman–Crippen MR) is 75.1 cm³/mol. The maximum Gasteiger partial charge on any atom is 0.314 e. The van der Waals surface area contributed by atoms with Crippen LogP contribution in [0.3, 0.4) is 0 Å². The van der Waals surface area contributed by atoms with Gasteiger partial charge in [-0.05, 0) is 25.3 Å². The van der Waals surface area contributed by atoms with Crippen molar-refractivity contribution in [3.05, 3.63) is 35.9 Å². The van der Waals surface area contributed by atoms with Gasteiger partial charge in [0, 0.05) is 12.3 Å². The first-order valence-corrected chi connectivity index (χ1v) is 6.81. The van der Waals surface area contributed by atoms with Crippen molar-refractivity contribution in [2.45, 2.75) is 31.6 Å². The molecule has 1 aliphatic carbocycles. The van der Waals surface area contributed by atoms with Gasteiger partial charge in [-0.2, -0.15) is 0 Å². The molecular weight excluding hydrogens is 272 g/mol. The van der Waals surface area contributed by atoms with E-state index < -0.39 is 17.3 Å². The van der Waals surface area contributed by atoms with Crippen LogP contribution in [0, 0.1) is 5.92 Å². The molecule has 1 saturated carbocycles. The lowest BCUT2D eigenvalue weighted by molar-refractivity contribution is -0.145. The highest BCUT2D eigenvalue weighted by molar-refractivity contribution is 5.90. The number of benzene rings is 1. The van der Waals surface area contributed by atoms with Crippen LogP contribution in [0.2, 0.25) is 0 Å². The Morgan fingerprint density at radius 3 is 2.33 bits per heavy atom. The Balaban J connectivity index is 2.00. The fourth-order valence-corrected chi connectivity index (χ4v) is 2.05. The molecule has 0 radical (unpaired) electrons. The van der Waals surface area contributed by atoms with Crippen LogP contribution in [0.1, 0.15) is 31.7 Å². The molecule has 0 aromatic heterocycles. The molecule has 112 valence electrons. The molecule has 1 atom stereocenters. The standard InChI is InChI=1S/C15H18N2O4/c1-15(14(20)21,11-5-3-2-4-6-11)9-12(18)16-17-13(19)10-7-8-10/h2-6,10H,7-9H2,1H3,(H,16,18)(H,17,19)(H,20,21)/t15-/m0/s1. The lowest BCUT2D eigenvalue weighted by atomic mass is 9.79. The molecule has 1 fully saturated rings. The number of aliphatic carboxylic acids is 1. The Labute approximate surface area is 122 Å². The summed E-state index contributed by atoms with van der Waals surface area (Å²) in [6, 6.07) is 8.57. The molecule has 0 heterocycles. The van der Waals surface area contributed by atoms with Crippen LogP contribution in [-0.2, 0) is 19.8 Å². The Kier molecular flexibility index (Phi) is 4.26. The van der Waals surface area contributed by atoms with E-state index in [0.717, 1.165) is 12.8 Å². The molecule has 0 unspecified atom stereocenters. The van der Waals surface area contributed by atoms with Crippen LogP contribution in [0.5, 0.6) is 0 Å². The lowest BCUT2D eigenvalue weighted by Crippen LogP contribution is -2.46. The summed E-state index contributed by atoms with van der Waals surface area (Å²) < 4.78 is 0. The van der Waals surface area contributed by atoms with Gasteiger partial charge in [0.15, 0.2) is 0 Å². The quantitative estimate of drug-likeness (QED) is 0.704. The van der Waals surface area contributed by atoms with E-state index in [2.05, 4.69) is 10.9 Å². The largest absolute Gasteiger partial charge is 0.481 e. The van der Waals surface area contributed by atoms with Gasteiger partial charge in [0.1, 0.15) is 0 Å². The van der Waals surface area contributed by atoms with Gasteiger partial charge in [-0.1, -0.05) is 30.3 Å². The third-order valence-electron chi connectivity index (χ3n) is 3.67. The minimum Gasteiger partial charge on any atom is -0.481 e. The predicted octanol–water partition coefficient (Wildman–Crippen LogP) is 0.976. The fraction of sp³-hybridized carbons (Fsp3) is 0.400. The first-order chi connectivity index (χ1) is 9.93. The van der Waals surface area contributed by atoms with Crippen LogP contribution in [0.4, 0.5) is 0 Å². The molecule has 1 aliphatic rings. The highest BCUT2D eigenvalue weighted by atomic mass is 16.4. The van der Waals surface area contributed by atoms with Gasteiger partial charge in [0.2, 0.25) is 11.8 Å². The third kappa shape index (κ3) is 3.59. The number of carboxylic acid groups (broad SMARTS) is 1. The summed E-state index contributed by atoms with van der Waals surface area (Å²) in [6.45, 7) is 1.49. The number of hydrogen-bond acceptors (Lipinski definition) is 3. The fourth-order valence-electron chi connectivity index (χ4n) is 2.05. The summed E-state index contributed by atoms with van der Waals surface area (Å²) in [5.74, 6) is -1.86. The topological polar surface area (TPSA) is 95.5 Å². The Hall–Kier alpha value is -2.37. The maximum absolute atomic E-state index is 11.9. The van der Waals surface area contributed by atoms with Crippen LogP contribution < -0.4 is 10.9 Å². The Morgan fingerprint density at radius 2 is 1.81 bits per heavy atom. The van der Waals surface area contributed by atoms with Crippen LogP contribution in [0.15, 0.2) is 30.3 Å². The molecule has 6 nitrogen and oxygen atoms in total. The number of amides is 2. The summed E-state index contributed by atoms with van der Waals surface area (Å²) >= 11 is 0. The molecule has 0 aliphatic heterocycles. The molecular formula is C15H18N2O4. The molecule has 1 aromatic rings. The van der Waals surface area contributed by atoms with Gasteiger partial charge in [0.25, 0.3) is 0 Å². The molecule has 6 heteroatoms. The molecule has 0 spiro atoms. The van der Waals surface area contributed by atoms with E-state index in [1.807, 2.05) is 0 Å². The second-order valence-electron chi connectivity index (χ2n) is 5.49. The molecule has 1 aromatic carbocycles. The molecule has 21 heavy (non-hydrogen) atoms. The number of nitrogens with one attached hydrogen (secondary N) is 2. The van der Waals surface area contributed by atoms with Crippen LogP contribution in [0.25, 0.3) is 0 Å². The van der Waals surface area contributed by atoms with Gasteiger partial charge in [-0.25, -0.2) is 0 Å². The zero-order chi connectivity index (χ0) is 15.5. The summed E-state index contributed by atoms with van der Waals surface area (Å²) in [7, 11) is 0. The summed E-state index contributed by atoms with van der Waals surface area (Å²) in [6.07, 6.45) is 1.41. The van der Waals surface area contributed by atoms with Gasteiger partial charge in [-0.15, -0.1) is 0 Å². The second-order valence-corrected chi connectivity index (χ2v) is 5.49. The van der Waals surface area contributed by atoms with Crippen LogP contribution in [-0.4, -0.2) is 22.9 Å². The van der Waals surface area contributed by atoms with Crippen molar-refractivity contribution in [1.82, 2.24) is 10.9 Å². The molecule has 0 saturated heterocycles. The Morgan fingerprint density at radius 1 is 1.19 bits per heavy atom. The van der Waals surface area contributed by atoms with Crippen molar-refractivity contribution in [2.75, 3.05) is 0 Å². The van der Waals surface area contributed by atoms with Crippen molar-refractivity contribution in [2.24, 2.45) is 5.92 Å². The normalized spacial score (nSPS) is 16.6. The summed E-state index contributed by atoms with van der Waals surface area (Å²) in [5, 5.41) is 9.44. The monoisotopic (exact) mass is 290 g/mol. The minimum absolute atomic E-state index is 0.0229. The number of hydrazine groups is 1. The third-order valence-corrected chi connectivity index (χ3v) is 3.67. The first kappa shape index (κ1) is 15.0. The number of carbonyl (C=O) groups excluding carboxylic acids is 2. The van der Waals surface area contributed by atoms with E-state index in [1.165, 1.54) is 6.92 Å². The number of hydrogen-bond donors (Lipinski definition) is 3. The smallest absolute Gasteiger partial charge is 0.314 e. The summed E-state index contributed by atoms with van der Waals surface area (Å²) in [4.78, 5) is 34.9. The van der Waals surface area contributed by atoms with Crippen LogP contribution >= 0.6 is 0 Å². The average molecular weight is 290 g/mol. The van der Waals surface area contributed by atoms with E-state index >= 15 is 0 Å². The van der Waals surface area contributed by atoms with E-state index in [9.17, 15) is 19.5 Å². The zero-order valence-corrected chi connectivity index (χ0v) is 11.8. The number of carboxylic acids is 1. The lowest BCUT2D eigenvalue weighted by Gasteiger charge is -2.24. The van der Waals surface area contributed by atoms with Crippen molar-refractivity contribution < 1.29 is 19.5 Å². The van der Waals surface area contributed by atoms with Crippen molar-refractivity contribution in [3.63, 3.8) is 0 Å². The van der Waals surface area contributed by atoms with Crippen molar-refractivity contribution >= 4 is 17.8 Å². The maximum atomic E-state index is 11.9. The molecule has 0 bridgehead atoms. The number of carbonyl (C=O) groups is 3. The van der Waals surface area contributed by atoms with E-state index in [-0.39, 0.29) is 18.2 Å². The van der Waals surface area contributed by atoms with E-state index in [1.54, 1.807) is 30.3 Å². The van der Waals surface area contributed by atoms with E-state index in [4.69, 9.17) is 0 Å². The molecule has 3 N–H and O–H groups in total. The van der Waals surface area contributed by atoms with Crippen molar-refractivity contribution in [1.29, 1.82) is 0 Å². The first-order valence-electron chi connectivity index (χ1n) is 6.81. The zero-order valence-electron chi connectivity index (χ0n) is 11.8. The minimum atomic E-state index is -1.34. The van der Waals surface area contributed by atoms with Crippen molar-refractivity contribution in [3.8, 4) is 0 Å². The van der Waals surface area contributed by atoms with Gasteiger partial charge in [0.05, 0.1) is 5.41 Å². The molecule has 2 rings (SSSR count). The summed E-state index contributed by atoms with van der Waals surface area (Å²) in [5.41, 5.74) is 3.81. The highest BCUT2D eigenvalue weighted by Crippen LogP contribution is 2.29. The number of rotatable bonds is 5.